The Balaban J connectivity index is 2.03. The van der Waals surface area contributed by atoms with E-state index in [1.54, 1.807) is 14.2 Å². The zero-order valence-electron chi connectivity index (χ0n) is 17.2. The molecular weight excluding hydrogens is 340 g/mol. The van der Waals surface area contributed by atoms with Gasteiger partial charge < -0.3 is 19.1 Å². The van der Waals surface area contributed by atoms with E-state index in [1.165, 1.54) is 5.69 Å². The van der Waals surface area contributed by atoms with E-state index >= 15 is 0 Å². The number of ether oxygens (including phenoxy) is 3. The molecule has 0 fully saturated rings. The summed E-state index contributed by atoms with van der Waals surface area (Å²) in [6, 6.07) is 10.1. The molecule has 148 valence electrons. The molecule has 0 aliphatic carbocycles. The average Bonchev–Trinajstić information content (AvgIpc) is 2.67. The molecule has 1 aromatic carbocycles. The van der Waals surface area contributed by atoms with Crippen molar-refractivity contribution in [2.24, 2.45) is 0 Å². The Morgan fingerprint density at radius 3 is 2.26 bits per heavy atom. The Morgan fingerprint density at radius 1 is 0.926 bits per heavy atom. The van der Waals surface area contributed by atoms with Crippen molar-refractivity contribution in [1.29, 1.82) is 0 Å². The molecule has 1 aromatic heterocycles. The lowest BCUT2D eigenvalue weighted by Gasteiger charge is -2.24. The normalized spacial score (nSPS) is 10.6. The molecule has 27 heavy (non-hydrogen) atoms. The highest BCUT2D eigenvalue weighted by atomic mass is 16.5. The summed E-state index contributed by atoms with van der Waals surface area (Å²) in [4.78, 5) is 6.93. The van der Waals surface area contributed by atoms with E-state index in [-0.39, 0.29) is 0 Å². The summed E-state index contributed by atoms with van der Waals surface area (Å²) in [6.07, 6.45) is 3.02. The molecule has 0 radical (unpaired) electrons. The zero-order chi connectivity index (χ0) is 19.6. The van der Waals surface area contributed by atoms with Gasteiger partial charge in [-0.1, -0.05) is 19.9 Å². The third kappa shape index (κ3) is 6.05. The minimum absolute atomic E-state index is 0.562. The molecule has 5 nitrogen and oxygen atoms in total. The summed E-state index contributed by atoms with van der Waals surface area (Å²) >= 11 is 0. The number of pyridine rings is 1. The SMILES string of the molecule is CCCN(CCC)c1cc(C)nc(OCCc2ccc(OC)c(OC)c2)c1. The highest BCUT2D eigenvalue weighted by Crippen LogP contribution is 2.28. The van der Waals surface area contributed by atoms with Crippen LogP contribution >= 0.6 is 0 Å². The maximum absolute atomic E-state index is 5.96. The van der Waals surface area contributed by atoms with Gasteiger partial charge >= 0.3 is 0 Å². The van der Waals surface area contributed by atoms with E-state index in [2.05, 4.69) is 29.8 Å². The Kier molecular flexibility index (Phi) is 8.24. The van der Waals surface area contributed by atoms with Crippen molar-refractivity contribution in [3.8, 4) is 17.4 Å². The van der Waals surface area contributed by atoms with Crippen molar-refractivity contribution in [3.05, 3.63) is 41.6 Å². The molecule has 0 aliphatic rings. The van der Waals surface area contributed by atoms with Gasteiger partial charge in [0.15, 0.2) is 11.5 Å². The van der Waals surface area contributed by atoms with E-state index < -0.39 is 0 Å². The lowest BCUT2D eigenvalue weighted by Crippen LogP contribution is -2.25. The summed E-state index contributed by atoms with van der Waals surface area (Å²) in [6.45, 7) is 9.08. The maximum Gasteiger partial charge on any atom is 0.215 e. The van der Waals surface area contributed by atoms with Crippen molar-refractivity contribution in [3.63, 3.8) is 0 Å². The second-order valence-corrected chi connectivity index (χ2v) is 6.58. The van der Waals surface area contributed by atoms with Crippen LogP contribution in [0.25, 0.3) is 0 Å². The van der Waals surface area contributed by atoms with Crippen molar-refractivity contribution in [2.75, 3.05) is 38.8 Å². The molecular formula is C22H32N2O3. The van der Waals surface area contributed by atoms with Crippen LogP contribution in [0.2, 0.25) is 0 Å². The topological polar surface area (TPSA) is 43.8 Å². The first-order valence-corrected chi connectivity index (χ1v) is 9.68. The average molecular weight is 373 g/mol. The number of aryl methyl sites for hydroxylation is 1. The van der Waals surface area contributed by atoms with Crippen LogP contribution in [-0.2, 0) is 6.42 Å². The first-order chi connectivity index (χ1) is 13.1. The third-order valence-corrected chi connectivity index (χ3v) is 4.36. The van der Waals surface area contributed by atoms with E-state index in [4.69, 9.17) is 14.2 Å². The second kappa shape index (κ2) is 10.7. The van der Waals surface area contributed by atoms with Crippen LogP contribution in [0.5, 0.6) is 17.4 Å². The lowest BCUT2D eigenvalue weighted by atomic mass is 10.1. The molecule has 5 heteroatoms. The van der Waals surface area contributed by atoms with Gasteiger partial charge in [-0.3, -0.25) is 0 Å². The third-order valence-electron chi connectivity index (χ3n) is 4.36. The molecule has 0 amide bonds. The van der Waals surface area contributed by atoms with Gasteiger partial charge in [0.05, 0.1) is 20.8 Å². The van der Waals surface area contributed by atoms with Crippen LogP contribution in [0.3, 0.4) is 0 Å². The Morgan fingerprint density at radius 2 is 1.63 bits per heavy atom. The van der Waals surface area contributed by atoms with Crippen molar-refractivity contribution in [1.82, 2.24) is 4.98 Å². The maximum atomic E-state index is 5.96. The van der Waals surface area contributed by atoms with Crippen LogP contribution in [0.1, 0.15) is 37.9 Å². The molecule has 1 heterocycles. The number of benzene rings is 1. The van der Waals surface area contributed by atoms with Crippen LogP contribution < -0.4 is 19.1 Å². The molecule has 0 unspecified atom stereocenters. The van der Waals surface area contributed by atoms with Gasteiger partial charge in [0.1, 0.15) is 0 Å². The molecule has 0 N–H and O–H groups in total. The fraction of sp³-hybridized carbons (Fsp3) is 0.500. The summed E-state index contributed by atoms with van der Waals surface area (Å²) in [5.74, 6) is 2.16. The van der Waals surface area contributed by atoms with E-state index in [9.17, 15) is 0 Å². The van der Waals surface area contributed by atoms with E-state index in [0.717, 1.165) is 55.1 Å². The first-order valence-electron chi connectivity index (χ1n) is 9.68. The van der Waals surface area contributed by atoms with Crippen molar-refractivity contribution >= 4 is 5.69 Å². The predicted octanol–water partition coefficient (Wildman–Crippen LogP) is 4.66. The summed E-state index contributed by atoms with van der Waals surface area (Å²) in [5, 5.41) is 0. The number of hydrogen-bond acceptors (Lipinski definition) is 5. The van der Waals surface area contributed by atoms with E-state index in [0.29, 0.717) is 12.5 Å². The molecule has 0 saturated heterocycles. The number of aromatic nitrogens is 1. The van der Waals surface area contributed by atoms with E-state index in [1.807, 2.05) is 31.2 Å². The Hall–Kier alpha value is -2.43. The summed E-state index contributed by atoms with van der Waals surface area (Å²) < 4.78 is 16.6. The van der Waals surface area contributed by atoms with Gasteiger partial charge in [-0.25, -0.2) is 4.98 Å². The minimum Gasteiger partial charge on any atom is -0.493 e. The van der Waals surface area contributed by atoms with Crippen molar-refractivity contribution < 1.29 is 14.2 Å². The quantitative estimate of drug-likeness (QED) is 0.574. The molecule has 0 atom stereocenters. The number of rotatable bonds is 11. The number of anilines is 1. The largest absolute Gasteiger partial charge is 0.493 e. The Bertz CT molecular complexity index is 713. The molecule has 0 saturated carbocycles. The van der Waals surface area contributed by atoms with Gasteiger partial charge in [-0.05, 0) is 43.5 Å². The Labute approximate surface area is 163 Å². The molecule has 0 spiro atoms. The molecule has 2 aromatic rings. The number of methoxy groups -OCH3 is 2. The predicted molar refractivity (Wildman–Crippen MR) is 111 cm³/mol. The lowest BCUT2D eigenvalue weighted by molar-refractivity contribution is 0.308. The summed E-state index contributed by atoms with van der Waals surface area (Å²) in [5.41, 5.74) is 3.30. The smallest absolute Gasteiger partial charge is 0.215 e. The monoisotopic (exact) mass is 372 g/mol. The van der Waals surface area contributed by atoms with Gasteiger partial charge in [-0.2, -0.15) is 0 Å². The first kappa shape index (κ1) is 20.9. The standard InChI is InChI=1S/C22H32N2O3/c1-6-11-24(12-7-2)19-14-17(3)23-22(16-19)27-13-10-18-8-9-20(25-4)21(15-18)26-5/h8-9,14-16H,6-7,10-13H2,1-5H3. The van der Waals surface area contributed by atoms with Crippen LogP contribution in [0.4, 0.5) is 5.69 Å². The fourth-order valence-corrected chi connectivity index (χ4v) is 3.10. The molecule has 2 rings (SSSR count). The highest BCUT2D eigenvalue weighted by Gasteiger charge is 2.09. The van der Waals surface area contributed by atoms with Gasteiger partial charge in [0.2, 0.25) is 5.88 Å². The van der Waals surface area contributed by atoms with Crippen molar-refractivity contribution in [2.45, 2.75) is 40.0 Å². The van der Waals surface area contributed by atoms with Gasteiger partial charge in [0.25, 0.3) is 0 Å². The number of hydrogen-bond donors (Lipinski definition) is 0. The van der Waals surface area contributed by atoms with Crippen LogP contribution in [-0.4, -0.2) is 38.9 Å². The second-order valence-electron chi connectivity index (χ2n) is 6.58. The van der Waals surface area contributed by atoms with Crippen LogP contribution in [0, 0.1) is 6.92 Å². The fourth-order valence-electron chi connectivity index (χ4n) is 3.10. The summed E-state index contributed by atoms with van der Waals surface area (Å²) in [7, 11) is 3.29. The minimum atomic E-state index is 0.562. The molecule has 0 aliphatic heterocycles. The number of nitrogens with zero attached hydrogens (tertiary/aromatic N) is 2. The molecule has 0 bridgehead atoms. The highest BCUT2D eigenvalue weighted by molar-refractivity contribution is 5.50. The van der Waals surface area contributed by atoms with Gasteiger partial charge in [-0.15, -0.1) is 0 Å². The van der Waals surface area contributed by atoms with Gasteiger partial charge in [0, 0.05) is 37.0 Å². The van der Waals surface area contributed by atoms with Crippen LogP contribution in [0.15, 0.2) is 30.3 Å². The zero-order valence-corrected chi connectivity index (χ0v) is 17.2.